The number of hydrogen-bond donors (Lipinski definition) is 0. The molecule has 0 spiro atoms. The fourth-order valence-corrected chi connectivity index (χ4v) is 1.43. The number of rotatable bonds is 2. The van der Waals surface area contributed by atoms with Crippen molar-refractivity contribution < 1.29 is 18.7 Å². The van der Waals surface area contributed by atoms with E-state index in [0.717, 1.165) is 0 Å². The van der Waals surface area contributed by atoms with E-state index in [2.05, 4.69) is 0 Å². The molecule has 0 N–H and O–H groups in total. The zero-order valence-electron chi connectivity index (χ0n) is 9.35. The molecule has 0 unspecified atom stereocenters. The molecule has 17 heavy (non-hydrogen) atoms. The molecule has 0 saturated carbocycles. The summed E-state index contributed by atoms with van der Waals surface area (Å²) < 4.78 is 14.8. The van der Waals surface area contributed by atoms with Gasteiger partial charge in [-0.05, 0) is 18.2 Å². The first-order valence-electron chi connectivity index (χ1n) is 4.90. The summed E-state index contributed by atoms with van der Waals surface area (Å²) in [6.45, 7) is 1.22. The van der Waals surface area contributed by atoms with Gasteiger partial charge in [-0.15, -0.1) is 0 Å². The Morgan fingerprint density at radius 3 is 2.71 bits per heavy atom. The zero-order valence-corrected chi connectivity index (χ0v) is 9.35. The normalized spacial score (nSPS) is 10.2. The minimum Gasteiger partial charge on any atom is -0.497 e. The van der Waals surface area contributed by atoms with Gasteiger partial charge in [0, 0.05) is 18.4 Å². The lowest BCUT2D eigenvalue weighted by Crippen LogP contribution is -2.10. The van der Waals surface area contributed by atoms with Crippen LogP contribution < -0.4 is 15.1 Å². The minimum absolute atomic E-state index is 0.116. The van der Waals surface area contributed by atoms with Crippen LogP contribution in [0.3, 0.4) is 0 Å². The van der Waals surface area contributed by atoms with Gasteiger partial charge in [-0.3, -0.25) is 4.79 Å². The van der Waals surface area contributed by atoms with Gasteiger partial charge in [0.1, 0.15) is 11.3 Å². The lowest BCUT2D eigenvalue weighted by molar-refractivity contribution is -0.132. The number of esters is 1. The number of hydrogen-bond acceptors (Lipinski definition) is 5. The molecule has 0 aliphatic carbocycles. The first kappa shape index (κ1) is 11.2. The molecule has 0 aliphatic heterocycles. The topological polar surface area (TPSA) is 65.7 Å². The summed E-state index contributed by atoms with van der Waals surface area (Å²) in [7, 11) is 1.52. The predicted molar refractivity (Wildman–Crippen MR) is 60.3 cm³/mol. The predicted octanol–water partition coefficient (Wildman–Crippen LogP) is 1.73. The van der Waals surface area contributed by atoms with Crippen LogP contribution in [0.25, 0.3) is 11.0 Å². The molecule has 1 aromatic heterocycles. The molecule has 0 aliphatic rings. The second kappa shape index (κ2) is 4.29. The van der Waals surface area contributed by atoms with Crippen LogP contribution in [0, 0.1) is 0 Å². The van der Waals surface area contributed by atoms with E-state index in [4.69, 9.17) is 13.9 Å². The maximum atomic E-state index is 11.5. The molecular weight excluding hydrogens is 224 g/mol. The number of fused-ring (bicyclic) bond motifs is 1. The summed E-state index contributed by atoms with van der Waals surface area (Å²) >= 11 is 0. The zero-order chi connectivity index (χ0) is 12.4. The minimum atomic E-state index is -0.694. The molecule has 0 bridgehead atoms. The summed E-state index contributed by atoms with van der Waals surface area (Å²) in [5.41, 5.74) is -0.314. The maximum Gasteiger partial charge on any atom is 0.379 e. The number of ether oxygens (including phenoxy) is 2. The second-order valence-electron chi connectivity index (χ2n) is 3.40. The molecule has 2 aromatic rings. The Bertz CT molecular complexity index is 626. The number of carbonyl (C=O) groups is 1. The molecule has 1 heterocycles. The highest BCUT2D eigenvalue weighted by Crippen LogP contribution is 2.22. The molecule has 2 rings (SSSR count). The molecule has 5 heteroatoms. The van der Waals surface area contributed by atoms with Crippen LogP contribution in [0.5, 0.6) is 11.5 Å². The molecule has 0 radical (unpaired) electrons. The lowest BCUT2D eigenvalue weighted by Gasteiger charge is -2.03. The van der Waals surface area contributed by atoms with Gasteiger partial charge in [0.2, 0.25) is 5.75 Å². The molecule has 1 aromatic carbocycles. The van der Waals surface area contributed by atoms with Gasteiger partial charge >= 0.3 is 11.6 Å². The smallest absolute Gasteiger partial charge is 0.379 e. The van der Waals surface area contributed by atoms with Crippen LogP contribution in [-0.4, -0.2) is 13.1 Å². The Morgan fingerprint density at radius 1 is 1.29 bits per heavy atom. The molecule has 0 amide bonds. The van der Waals surface area contributed by atoms with E-state index < -0.39 is 11.6 Å². The third-order valence-corrected chi connectivity index (χ3v) is 2.16. The Hall–Kier alpha value is -2.30. The van der Waals surface area contributed by atoms with Crippen LogP contribution in [0.15, 0.2) is 33.5 Å². The number of methoxy groups -OCH3 is 1. The Kier molecular flexibility index (Phi) is 2.82. The molecule has 0 fully saturated rings. The average Bonchev–Trinajstić information content (AvgIpc) is 2.29. The molecule has 0 atom stereocenters. The van der Waals surface area contributed by atoms with Gasteiger partial charge in [-0.2, -0.15) is 0 Å². The van der Waals surface area contributed by atoms with E-state index in [9.17, 15) is 9.59 Å². The first-order valence-corrected chi connectivity index (χ1v) is 4.90. The molecule has 5 nitrogen and oxygen atoms in total. The van der Waals surface area contributed by atoms with E-state index in [1.54, 1.807) is 18.2 Å². The van der Waals surface area contributed by atoms with E-state index in [1.165, 1.54) is 20.1 Å². The molecular formula is C12H10O5. The Labute approximate surface area is 96.6 Å². The largest absolute Gasteiger partial charge is 0.497 e. The van der Waals surface area contributed by atoms with Crippen molar-refractivity contribution in [3.63, 3.8) is 0 Å². The van der Waals surface area contributed by atoms with Gasteiger partial charge in [0.05, 0.1) is 7.11 Å². The van der Waals surface area contributed by atoms with Crippen LogP contribution in [0.4, 0.5) is 0 Å². The lowest BCUT2D eigenvalue weighted by atomic mass is 10.2. The van der Waals surface area contributed by atoms with Crippen molar-refractivity contribution in [1.82, 2.24) is 0 Å². The van der Waals surface area contributed by atoms with Gasteiger partial charge in [-0.1, -0.05) is 0 Å². The SMILES string of the molecule is COc1ccc2cc(OC(C)=O)c(=O)oc2c1. The van der Waals surface area contributed by atoms with Crippen LogP contribution in [0.2, 0.25) is 0 Å². The standard InChI is InChI=1S/C12H10O5/c1-7(13)16-11-5-8-3-4-9(15-2)6-10(8)17-12(11)14/h3-6H,1-2H3. The van der Waals surface area contributed by atoms with E-state index in [1.807, 2.05) is 0 Å². The fourth-order valence-electron chi connectivity index (χ4n) is 1.43. The highest BCUT2D eigenvalue weighted by Gasteiger charge is 2.09. The number of benzene rings is 1. The van der Waals surface area contributed by atoms with Crippen molar-refractivity contribution in [1.29, 1.82) is 0 Å². The summed E-state index contributed by atoms with van der Waals surface area (Å²) in [4.78, 5) is 22.3. The van der Waals surface area contributed by atoms with Crippen LogP contribution in [-0.2, 0) is 4.79 Å². The average molecular weight is 234 g/mol. The fraction of sp³-hybridized carbons (Fsp3) is 0.167. The van der Waals surface area contributed by atoms with Crippen molar-refractivity contribution in [3.8, 4) is 11.5 Å². The summed E-state index contributed by atoms with van der Waals surface area (Å²) in [5, 5.41) is 0.654. The highest BCUT2D eigenvalue weighted by molar-refractivity contribution is 5.80. The Balaban J connectivity index is 2.58. The van der Waals surface area contributed by atoms with Gasteiger partial charge in [-0.25, -0.2) is 4.79 Å². The van der Waals surface area contributed by atoms with Gasteiger partial charge < -0.3 is 13.9 Å². The summed E-state index contributed by atoms with van der Waals surface area (Å²) in [5.74, 6) is -0.0961. The quantitative estimate of drug-likeness (QED) is 0.584. The van der Waals surface area contributed by atoms with Gasteiger partial charge in [0.25, 0.3) is 0 Å². The van der Waals surface area contributed by atoms with Crippen LogP contribution >= 0.6 is 0 Å². The van der Waals surface area contributed by atoms with Crippen molar-refractivity contribution in [2.24, 2.45) is 0 Å². The van der Waals surface area contributed by atoms with Crippen LogP contribution in [0.1, 0.15) is 6.92 Å². The van der Waals surface area contributed by atoms with E-state index >= 15 is 0 Å². The monoisotopic (exact) mass is 234 g/mol. The summed E-state index contributed by atoms with van der Waals surface area (Å²) in [6, 6.07) is 6.49. The third kappa shape index (κ3) is 2.28. The van der Waals surface area contributed by atoms with E-state index in [0.29, 0.717) is 16.7 Å². The number of carbonyl (C=O) groups excluding carboxylic acids is 1. The second-order valence-corrected chi connectivity index (χ2v) is 3.40. The van der Waals surface area contributed by atoms with E-state index in [-0.39, 0.29) is 5.75 Å². The Morgan fingerprint density at radius 2 is 2.06 bits per heavy atom. The maximum absolute atomic E-state index is 11.5. The first-order chi connectivity index (χ1) is 8.10. The molecule has 0 saturated heterocycles. The highest BCUT2D eigenvalue weighted by atomic mass is 16.5. The van der Waals surface area contributed by atoms with Crippen molar-refractivity contribution in [2.75, 3.05) is 7.11 Å². The van der Waals surface area contributed by atoms with Crippen molar-refractivity contribution >= 4 is 16.9 Å². The van der Waals surface area contributed by atoms with Crippen molar-refractivity contribution in [2.45, 2.75) is 6.92 Å². The van der Waals surface area contributed by atoms with Gasteiger partial charge in [0.15, 0.2) is 0 Å². The molecule has 88 valence electrons. The van der Waals surface area contributed by atoms with Crippen molar-refractivity contribution in [3.05, 3.63) is 34.7 Å². The summed E-state index contributed by atoms with van der Waals surface area (Å²) in [6.07, 6.45) is 0. The third-order valence-electron chi connectivity index (χ3n) is 2.16.